The molecule has 0 radical (unpaired) electrons. The van der Waals surface area contributed by atoms with Crippen molar-refractivity contribution in [1.29, 1.82) is 0 Å². The molecule has 1 aromatic heterocycles. The minimum Gasteiger partial charge on any atom is -0.444 e. The third-order valence-electron chi connectivity index (χ3n) is 4.76. The minimum absolute atomic E-state index is 0.0830. The van der Waals surface area contributed by atoms with Gasteiger partial charge < -0.3 is 20.7 Å². The highest BCUT2D eigenvalue weighted by atomic mass is 19.1. The molecule has 0 fully saturated rings. The summed E-state index contributed by atoms with van der Waals surface area (Å²) in [6.07, 6.45) is 1.45. The maximum absolute atomic E-state index is 13.2. The molecule has 2 heterocycles. The van der Waals surface area contributed by atoms with Crippen LogP contribution in [0.1, 0.15) is 38.3 Å². The van der Waals surface area contributed by atoms with Gasteiger partial charge in [0.05, 0.1) is 0 Å². The summed E-state index contributed by atoms with van der Waals surface area (Å²) in [5, 5.41) is 8.11. The summed E-state index contributed by atoms with van der Waals surface area (Å²) in [7, 11) is 0. The van der Waals surface area contributed by atoms with E-state index in [1.54, 1.807) is 45.2 Å². The maximum atomic E-state index is 13.2. The summed E-state index contributed by atoms with van der Waals surface area (Å²) in [6.45, 7) is 5.22. The van der Waals surface area contributed by atoms with E-state index in [1.165, 1.54) is 12.1 Å². The molecule has 9 heteroatoms. The van der Waals surface area contributed by atoms with Gasteiger partial charge in [0.2, 0.25) is 11.8 Å². The second-order valence-electron chi connectivity index (χ2n) is 8.70. The van der Waals surface area contributed by atoms with Crippen molar-refractivity contribution in [3.05, 3.63) is 59.5 Å². The average Bonchev–Trinajstić information content (AvgIpc) is 2.68. The van der Waals surface area contributed by atoms with Crippen LogP contribution in [0.4, 0.5) is 15.0 Å². The molecule has 1 aliphatic rings. The number of nitrogens with one attached hydrogen (secondary N) is 3. The molecule has 0 saturated heterocycles. The number of carbonyl (C=O) groups is 3. The number of amides is 3. The van der Waals surface area contributed by atoms with Gasteiger partial charge >= 0.3 is 6.09 Å². The second kappa shape index (κ2) is 9.76. The van der Waals surface area contributed by atoms with Gasteiger partial charge in [0, 0.05) is 25.1 Å². The highest BCUT2D eigenvalue weighted by molar-refractivity contribution is 5.99. The van der Waals surface area contributed by atoms with Gasteiger partial charge in [-0.05, 0) is 56.5 Å². The minimum atomic E-state index is -0.743. The van der Waals surface area contributed by atoms with E-state index in [0.717, 1.165) is 11.1 Å². The number of rotatable bonds is 6. The van der Waals surface area contributed by atoms with E-state index in [2.05, 4.69) is 20.9 Å². The van der Waals surface area contributed by atoms with Gasteiger partial charge in [0.1, 0.15) is 23.3 Å². The standard InChI is InChI=1S/C23H27FN4O4/c1-23(2,3)32-22(31)26-17(11-14-6-8-16(24)9-7-14)13-19(29)27-18-12-15-5-4-10-25-20(15)28-21(18)30/h4-10,17-18H,11-13H2,1-3H3,(H,26,31)(H,27,29)(H,25,28,30)/t17-,18?/m1/s1. The van der Waals surface area contributed by atoms with Crippen LogP contribution in [0.3, 0.4) is 0 Å². The molecule has 1 unspecified atom stereocenters. The highest BCUT2D eigenvalue weighted by Crippen LogP contribution is 2.19. The number of benzene rings is 1. The number of hydrogen-bond acceptors (Lipinski definition) is 5. The van der Waals surface area contributed by atoms with Crippen LogP contribution < -0.4 is 16.0 Å². The predicted molar refractivity (Wildman–Crippen MR) is 116 cm³/mol. The molecule has 0 spiro atoms. The summed E-state index contributed by atoms with van der Waals surface area (Å²) in [4.78, 5) is 41.5. The van der Waals surface area contributed by atoms with Crippen LogP contribution >= 0.6 is 0 Å². The molecule has 2 atom stereocenters. The fraction of sp³-hybridized carbons (Fsp3) is 0.391. The van der Waals surface area contributed by atoms with Crippen LogP contribution in [0.25, 0.3) is 0 Å². The molecule has 8 nitrogen and oxygen atoms in total. The lowest BCUT2D eigenvalue weighted by molar-refractivity contribution is -0.127. The van der Waals surface area contributed by atoms with Crippen molar-refractivity contribution in [1.82, 2.24) is 15.6 Å². The number of pyridine rings is 1. The average molecular weight is 442 g/mol. The molecular formula is C23H27FN4O4. The molecule has 0 bridgehead atoms. The number of halogens is 1. The van der Waals surface area contributed by atoms with Gasteiger partial charge in [-0.1, -0.05) is 18.2 Å². The van der Waals surface area contributed by atoms with E-state index in [1.807, 2.05) is 6.07 Å². The zero-order chi connectivity index (χ0) is 23.3. The number of alkyl carbamates (subject to hydrolysis) is 1. The van der Waals surface area contributed by atoms with E-state index in [9.17, 15) is 18.8 Å². The number of ether oxygens (including phenoxy) is 1. The van der Waals surface area contributed by atoms with Crippen molar-refractivity contribution < 1.29 is 23.5 Å². The van der Waals surface area contributed by atoms with Crippen LogP contribution in [0.15, 0.2) is 42.6 Å². The van der Waals surface area contributed by atoms with E-state index in [-0.39, 0.29) is 24.6 Å². The normalized spacial score (nSPS) is 16.4. The van der Waals surface area contributed by atoms with Crippen LogP contribution in [-0.2, 0) is 27.2 Å². The lowest BCUT2D eigenvalue weighted by atomic mass is 10.0. The highest BCUT2D eigenvalue weighted by Gasteiger charge is 2.29. The van der Waals surface area contributed by atoms with Gasteiger partial charge in [0.25, 0.3) is 0 Å². The van der Waals surface area contributed by atoms with Crippen molar-refractivity contribution in [2.24, 2.45) is 0 Å². The smallest absolute Gasteiger partial charge is 0.407 e. The first kappa shape index (κ1) is 23.2. The molecule has 3 N–H and O–H groups in total. The molecule has 0 saturated carbocycles. The topological polar surface area (TPSA) is 109 Å². The monoisotopic (exact) mass is 442 g/mol. The van der Waals surface area contributed by atoms with Crippen molar-refractivity contribution >= 4 is 23.7 Å². The molecule has 170 valence electrons. The Hall–Kier alpha value is -3.49. The van der Waals surface area contributed by atoms with E-state index >= 15 is 0 Å². The maximum Gasteiger partial charge on any atom is 0.407 e. The number of fused-ring (bicyclic) bond motifs is 1. The molecule has 1 aliphatic heterocycles. The lowest BCUT2D eigenvalue weighted by Crippen LogP contribution is -2.50. The fourth-order valence-electron chi connectivity index (χ4n) is 3.38. The fourth-order valence-corrected chi connectivity index (χ4v) is 3.38. The number of carbonyl (C=O) groups excluding carboxylic acids is 3. The van der Waals surface area contributed by atoms with Gasteiger partial charge in [-0.25, -0.2) is 14.2 Å². The van der Waals surface area contributed by atoms with Gasteiger partial charge in [-0.3, -0.25) is 9.59 Å². The van der Waals surface area contributed by atoms with Crippen molar-refractivity contribution in [2.75, 3.05) is 5.32 Å². The largest absolute Gasteiger partial charge is 0.444 e. The van der Waals surface area contributed by atoms with Gasteiger partial charge in [-0.2, -0.15) is 0 Å². The predicted octanol–water partition coefficient (Wildman–Crippen LogP) is 2.73. The van der Waals surface area contributed by atoms with Crippen LogP contribution in [0.2, 0.25) is 0 Å². The Kier molecular flexibility index (Phi) is 7.07. The first-order valence-corrected chi connectivity index (χ1v) is 10.4. The summed E-state index contributed by atoms with van der Waals surface area (Å²) in [6, 6.07) is 8.06. The Bertz CT molecular complexity index is 988. The first-order chi connectivity index (χ1) is 15.1. The Morgan fingerprint density at radius 1 is 1.25 bits per heavy atom. The Balaban J connectivity index is 1.66. The molecule has 32 heavy (non-hydrogen) atoms. The van der Waals surface area contributed by atoms with Gasteiger partial charge in [-0.15, -0.1) is 0 Å². The van der Waals surface area contributed by atoms with E-state index in [4.69, 9.17) is 4.74 Å². The Labute approximate surface area is 185 Å². The summed E-state index contributed by atoms with van der Waals surface area (Å²) < 4.78 is 18.5. The van der Waals surface area contributed by atoms with Crippen LogP contribution in [0, 0.1) is 5.82 Å². The van der Waals surface area contributed by atoms with Crippen LogP contribution in [-0.4, -0.2) is 40.6 Å². The molecule has 3 rings (SSSR count). The summed E-state index contributed by atoms with van der Waals surface area (Å²) in [5.41, 5.74) is 0.872. The quantitative estimate of drug-likeness (QED) is 0.637. The van der Waals surface area contributed by atoms with E-state index in [0.29, 0.717) is 12.2 Å². The molecule has 0 aliphatic carbocycles. The zero-order valence-corrected chi connectivity index (χ0v) is 18.3. The first-order valence-electron chi connectivity index (χ1n) is 10.4. The Morgan fingerprint density at radius 3 is 2.66 bits per heavy atom. The number of anilines is 1. The molecule has 3 amide bonds. The third-order valence-corrected chi connectivity index (χ3v) is 4.76. The number of aromatic nitrogens is 1. The Morgan fingerprint density at radius 2 is 1.97 bits per heavy atom. The summed E-state index contributed by atoms with van der Waals surface area (Å²) in [5.74, 6) is -0.634. The molecular weight excluding hydrogens is 415 g/mol. The number of hydrogen-bond donors (Lipinski definition) is 3. The second-order valence-corrected chi connectivity index (χ2v) is 8.70. The number of nitrogens with zero attached hydrogens (tertiary/aromatic N) is 1. The molecule has 2 aromatic rings. The summed E-state index contributed by atoms with van der Waals surface area (Å²) >= 11 is 0. The van der Waals surface area contributed by atoms with Gasteiger partial charge in [0.15, 0.2) is 0 Å². The third kappa shape index (κ3) is 6.76. The van der Waals surface area contributed by atoms with Crippen molar-refractivity contribution in [2.45, 2.75) is 57.7 Å². The van der Waals surface area contributed by atoms with E-state index < -0.39 is 29.7 Å². The SMILES string of the molecule is CC(C)(C)OC(=O)N[C@@H](CC(=O)NC1Cc2cccnc2NC1=O)Cc1ccc(F)cc1. The molecule has 1 aromatic carbocycles. The zero-order valence-electron chi connectivity index (χ0n) is 18.3. The van der Waals surface area contributed by atoms with Crippen LogP contribution in [0.5, 0.6) is 0 Å². The van der Waals surface area contributed by atoms with Crippen molar-refractivity contribution in [3.63, 3.8) is 0 Å². The lowest BCUT2D eigenvalue weighted by Gasteiger charge is -2.26. The van der Waals surface area contributed by atoms with Crippen molar-refractivity contribution in [3.8, 4) is 0 Å².